The van der Waals surface area contributed by atoms with E-state index in [0.29, 0.717) is 31.9 Å². The minimum Gasteiger partial charge on any atom is -0.378 e. The minimum absolute atomic E-state index is 0.0297. The molecule has 0 bridgehead atoms. The molecule has 1 aromatic heterocycles. The van der Waals surface area contributed by atoms with Gasteiger partial charge in [-0.3, -0.25) is 9.59 Å². The maximum atomic E-state index is 12.8. The summed E-state index contributed by atoms with van der Waals surface area (Å²) in [6.07, 6.45) is 3.80. The minimum atomic E-state index is -0.167. The summed E-state index contributed by atoms with van der Waals surface area (Å²) in [5.41, 5.74) is 2.66. The summed E-state index contributed by atoms with van der Waals surface area (Å²) in [5, 5.41) is 12.5. The number of amides is 2. The monoisotopic (exact) mass is 452 g/mol. The average Bonchev–Trinajstić information content (AvgIpc) is 3.24. The number of carbonyl (C=O) groups excluding carboxylic acids is 2. The summed E-state index contributed by atoms with van der Waals surface area (Å²) in [6.45, 7) is 4.42. The van der Waals surface area contributed by atoms with Gasteiger partial charge in [0.25, 0.3) is 5.91 Å². The van der Waals surface area contributed by atoms with Crippen molar-refractivity contribution >= 4 is 23.2 Å². The van der Waals surface area contributed by atoms with Gasteiger partial charge in [0.2, 0.25) is 5.91 Å². The Balaban J connectivity index is 1.58. The third-order valence-electron chi connectivity index (χ3n) is 6.25. The number of benzene rings is 1. The zero-order valence-corrected chi connectivity index (χ0v) is 19.1. The summed E-state index contributed by atoms with van der Waals surface area (Å²) in [5.74, 6) is -0.155. The van der Waals surface area contributed by atoms with Crippen LogP contribution in [0.1, 0.15) is 52.7 Å². The lowest BCUT2D eigenvalue weighted by Gasteiger charge is -2.30. The third-order valence-corrected chi connectivity index (χ3v) is 7.28. The van der Waals surface area contributed by atoms with Gasteiger partial charge in [0.1, 0.15) is 6.54 Å². The molecule has 8 heteroatoms. The molecule has 0 unspecified atom stereocenters. The van der Waals surface area contributed by atoms with Gasteiger partial charge in [0.15, 0.2) is 0 Å². The Kier molecular flexibility index (Phi) is 7.18. The van der Waals surface area contributed by atoms with Crippen molar-refractivity contribution in [2.45, 2.75) is 38.5 Å². The van der Waals surface area contributed by atoms with E-state index in [4.69, 9.17) is 15.0 Å². The summed E-state index contributed by atoms with van der Waals surface area (Å²) >= 11 is 1.63. The van der Waals surface area contributed by atoms with Gasteiger partial charge in [-0.1, -0.05) is 25.0 Å². The van der Waals surface area contributed by atoms with Crippen LogP contribution in [0.2, 0.25) is 0 Å². The molecule has 2 aliphatic rings. The number of nitriles is 1. The topological polar surface area (TPSA) is 95.3 Å². The third kappa shape index (κ3) is 4.84. The molecule has 2 aromatic rings. The first-order valence-corrected chi connectivity index (χ1v) is 12.0. The number of aromatic nitrogens is 1. The van der Waals surface area contributed by atoms with E-state index in [-0.39, 0.29) is 30.2 Å². The summed E-state index contributed by atoms with van der Waals surface area (Å²) in [6, 6.07) is 9.71. The average molecular weight is 453 g/mol. The van der Waals surface area contributed by atoms with E-state index < -0.39 is 0 Å². The van der Waals surface area contributed by atoms with Crippen LogP contribution in [0, 0.1) is 24.2 Å². The number of nitrogens with one attached hydrogen (secondary N) is 1. The fourth-order valence-electron chi connectivity index (χ4n) is 4.64. The Morgan fingerprint density at radius 2 is 1.94 bits per heavy atom. The van der Waals surface area contributed by atoms with Gasteiger partial charge in [-0.15, -0.1) is 11.3 Å². The van der Waals surface area contributed by atoms with Crippen LogP contribution in [0.4, 0.5) is 0 Å². The maximum Gasteiger partial charge on any atom is 0.254 e. The predicted molar refractivity (Wildman–Crippen MR) is 122 cm³/mol. The highest BCUT2D eigenvalue weighted by molar-refractivity contribution is 7.15. The van der Waals surface area contributed by atoms with Crippen molar-refractivity contribution in [2.24, 2.45) is 5.92 Å². The maximum absolute atomic E-state index is 12.8. The Labute approximate surface area is 192 Å². The molecule has 1 N–H and O–H groups in total. The van der Waals surface area contributed by atoms with Crippen LogP contribution < -0.4 is 5.32 Å². The van der Waals surface area contributed by atoms with Gasteiger partial charge < -0.3 is 15.0 Å². The number of nitrogens with zero attached hydrogens (tertiary/aromatic N) is 3. The van der Waals surface area contributed by atoms with Crippen molar-refractivity contribution in [2.75, 3.05) is 32.8 Å². The molecule has 1 saturated heterocycles. The second kappa shape index (κ2) is 10.2. The number of thiazole rings is 1. The molecule has 1 aliphatic heterocycles. The van der Waals surface area contributed by atoms with Gasteiger partial charge in [0.05, 0.1) is 34.9 Å². The second-order valence-electron chi connectivity index (χ2n) is 8.30. The van der Waals surface area contributed by atoms with E-state index in [9.17, 15) is 9.59 Å². The fraction of sp³-hybridized carbons (Fsp3) is 0.500. The first-order chi connectivity index (χ1) is 15.6. The van der Waals surface area contributed by atoms with E-state index in [1.54, 1.807) is 11.3 Å². The summed E-state index contributed by atoms with van der Waals surface area (Å²) in [4.78, 5) is 33.2. The van der Waals surface area contributed by atoms with Crippen molar-refractivity contribution < 1.29 is 14.3 Å². The normalized spacial score (nSPS) is 21.1. The Hall–Kier alpha value is -2.76. The SMILES string of the molecule is Cc1nc([C@H]2CCCC[C@@H]2C(=O)NCC#N)c(-c2ccc(C(=O)N3CCOCC3)cc2)s1. The van der Waals surface area contributed by atoms with Gasteiger partial charge in [-0.2, -0.15) is 5.26 Å². The molecule has 0 radical (unpaired) electrons. The van der Waals surface area contributed by atoms with E-state index >= 15 is 0 Å². The smallest absolute Gasteiger partial charge is 0.254 e. The number of ether oxygens (including phenoxy) is 1. The lowest BCUT2D eigenvalue weighted by atomic mass is 9.76. The molecule has 2 fully saturated rings. The van der Waals surface area contributed by atoms with Gasteiger partial charge >= 0.3 is 0 Å². The van der Waals surface area contributed by atoms with E-state index in [1.807, 2.05) is 42.2 Å². The van der Waals surface area contributed by atoms with E-state index in [2.05, 4.69) is 5.32 Å². The molecule has 1 aliphatic carbocycles. The molecule has 2 atom stereocenters. The van der Waals surface area contributed by atoms with Crippen LogP contribution in [0.5, 0.6) is 0 Å². The zero-order valence-electron chi connectivity index (χ0n) is 18.3. The molecular formula is C24H28N4O3S. The second-order valence-corrected chi connectivity index (χ2v) is 9.51. The molecule has 2 heterocycles. The van der Waals surface area contributed by atoms with Gasteiger partial charge in [0, 0.05) is 30.5 Å². The Bertz CT molecular complexity index is 1010. The highest BCUT2D eigenvalue weighted by atomic mass is 32.1. The number of aryl methyl sites for hydroxylation is 1. The quantitative estimate of drug-likeness (QED) is 0.701. The van der Waals surface area contributed by atoms with E-state index in [0.717, 1.165) is 46.8 Å². The van der Waals surface area contributed by atoms with Gasteiger partial charge in [-0.05, 0) is 37.5 Å². The van der Waals surface area contributed by atoms with Crippen LogP contribution in [0.15, 0.2) is 24.3 Å². The molecule has 4 rings (SSSR count). The molecule has 0 spiro atoms. The van der Waals surface area contributed by atoms with Crippen LogP contribution in [0.25, 0.3) is 10.4 Å². The highest BCUT2D eigenvalue weighted by Crippen LogP contribution is 2.43. The van der Waals surface area contributed by atoms with Crippen molar-refractivity contribution in [3.05, 3.63) is 40.5 Å². The predicted octanol–water partition coefficient (Wildman–Crippen LogP) is 3.50. The number of hydrogen-bond acceptors (Lipinski definition) is 6. The lowest BCUT2D eigenvalue weighted by molar-refractivity contribution is -0.126. The van der Waals surface area contributed by atoms with Crippen molar-refractivity contribution in [3.63, 3.8) is 0 Å². The molecular weight excluding hydrogens is 424 g/mol. The number of hydrogen-bond donors (Lipinski definition) is 1. The molecule has 2 amide bonds. The molecule has 1 saturated carbocycles. The van der Waals surface area contributed by atoms with E-state index in [1.165, 1.54) is 0 Å². The summed E-state index contributed by atoms with van der Waals surface area (Å²) < 4.78 is 5.34. The van der Waals surface area contributed by atoms with Crippen molar-refractivity contribution in [1.29, 1.82) is 5.26 Å². The zero-order chi connectivity index (χ0) is 22.5. The molecule has 32 heavy (non-hydrogen) atoms. The van der Waals surface area contributed by atoms with Crippen LogP contribution in [-0.4, -0.2) is 54.5 Å². The Morgan fingerprint density at radius 3 is 2.66 bits per heavy atom. The molecule has 168 valence electrons. The first kappa shape index (κ1) is 22.4. The molecule has 1 aromatic carbocycles. The van der Waals surface area contributed by atoms with Crippen LogP contribution in [-0.2, 0) is 9.53 Å². The number of carbonyl (C=O) groups is 2. The summed E-state index contributed by atoms with van der Waals surface area (Å²) in [7, 11) is 0. The Morgan fingerprint density at radius 1 is 1.22 bits per heavy atom. The highest BCUT2D eigenvalue weighted by Gasteiger charge is 2.35. The van der Waals surface area contributed by atoms with Crippen LogP contribution >= 0.6 is 11.3 Å². The van der Waals surface area contributed by atoms with Crippen molar-refractivity contribution in [3.8, 4) is 16.5 Å². The largest absolute Gasteiger partial charge is 0.378 e. The van der Waals surface area contributed by atoms with Crippen molar-refractivity contribution in [1.82, 2.24) is 15.2 Å². The van der Waals surface area contributed by atoms with Crippen LogP contribution in [0.3, 0.4) is 0 Å². The number of morpholine rings is 1. The lowest BCUT2D eigenvalue weighted by Crippen LogP contribution is -2.40. The van der Waals surface area contributed by atoms with Gasteiger partial charge in [-0.25, -0.2) is 4.98 Å². The number of rotatable bonds is 5. The fourth-order valence-corrected chi connectivity index (χ4v) is 5.64. The first-order valence-electron chi connectivity index (χ1n) is 11.2. The molecule has 7 nitrogen and oxygen atoms in total. The standard InChI is InChI=1S/C24H28N4O3S/c1-16-27-21(19-4-2-3-5-20(19)23(29)26-11-10-25)22(32-16)17-6-8-18(9-7-17)24(30)28-12-14-31-15-13-28/h6-9,19-20H,2-5,11-15H2,1H3,(H,26,29)/t19-,20-/m0/s1.